The molecule has 0 fully saturated rings. The lowest BCUT2D eigenvalue weighted by atomic mass is 10.2. The maximum absolute atomic E-state index is 12.6. The predicted molar refractivity (Wildman–Crippen MR) is 43.0 cm³/mol. The van der Waals surface area contributed by atoms with Gasteiger partial charge in [0.15, 0.2) is 5.84 Å². The van der Waals surface area contributed by atoms with Crippen LogP contribution in [-0.2, 0) is 4.84 Å². The van der Waals surface area contributed by atoms with Gasteiger partial charge >= 0.3 is 0 Å². The van der Waals surface area contributed by atoms with Crippen LogP contribution in [0.4, 0.5) is 4.39 Å². The molecule has 3 nitrogen and oxygen atoms in total. The van der Waals surface area contributed by atoms with Crippen molar-refractivity contribution in [2.75, 3.05) is 7.11 Å². The summed E-state index contributed by atoms with van der Waals surface area (Å²) in [5.74, 6) is -0.327. The molecule has 2 N–H and O–H groups in total. The van der Waals surface area contributed by atoms with Crippen molar-refractivity contribution in [2.45, 2.75) is 0 Å². The lowest BCUT2D eigenvalue weighted by molar-refractivity contribution is 0.213. The normalized spacial score (nSPS) is 11.3. The maximum Gasteiger partial charge on any atom is 0.170 e. The van der Waals surface area contributed by atoms with E-state index in [2.05, 4.69) is 16.1 Å². The molecule has 0 heterocycles. The molecule has 0 bridgehead atoms. The van der Waals surface area contributed by atoms with E-state index in [1.54, 1.807) is 6.07 Å². The van der Waals surface area contributed by atoms with Crippen LogP contribution in [0.3, 0.4) is 0 Å². The molecule has 0 saturated heterocycles. The Morgan fingerprint density at radius 2 is 2.50 bits per heavy atom. The molecule has 0 amide bonds. The highest BCUT2D eigenvalue weighted by molar-refractivity contribution is 5.96. The van der Waals surface area contributed by atoms with Gasteiger partial charge in [0.2, 0.25) is 0 Å². The Hall–Kier alpha value is -1.58. The zero-order valence-electron chi connectivity index (χ0n) is 6.54. The summed E-state index contributed by atoms with van der Waals surface area (Å²) in [5.41, 5.74) is 5.90. The van der Waals surface area contributed by atoms with Crippen LogP contribution in [0.15, 0.2) is 23.4 Å². The van der Waals surface area contributed by atoms with Crippen molar-refractivity contribution >= 4 is 5.84 Å². The molecule has 0 unspecified atom stereocenters. The summed E-state index contributed by atoms with van der Waals surface area (Å²) < 4.78 is 12.6. The molecule has 0 aromatic heterocycles. The number of nitrogens with two attached hydrogens (primary N) is 1. The molecule has 0 aliphatic heterocycles. The molecule has 1 aromatic rings. The van der Waals surface area contributed by atoms with Crippen LogP contribution >= 0.6 is 0 Å². The van der Waals surface area contributed by atoms with Crippen molar-refractivity contribution < 1.29 is 9.23 Å². The van der Waals surface area contributed by atoms with Crippen LogP contribution in [-0.4, -0.2) is 12.9 Å². The summed E-state index contributed by atoms with van der Waals surface area (Å²) in [6.07, 6.45) is 0. The summed E-state index contributed by atoms with van der Waals surface area (Å²) in [4.78, 5) is 4.43. The van der Waals surface area contributed by atoms with Crippen molar-refractivity contribution in [1.29, 1.82) is 0 Å². The number of rotatable bonds is 2. The second-order valence-corrected chi connectivity index (χ2v) is 2.08. The molecule has 12 heavy (non-hydrogen) atoms. The molecule has 63 valence electrons. The first-order valence-corrected chi connectivity index (χ1v) is 3.28. The van der Waals surface area contributed by atoms with Crippen molar-refractivity contribution in [3.05, 3.63) is 35.6 Å². The molecule has 0 aliphatic carbocycles. The van der Waals surface area contributed by atoms with Gasteiger partial charge in [0.05, 0.1) is 0 Å². The second kappa shape index (κ2) is 3.71. The van der Waals surface area contributed by atoms with E-state index in [0.29, 0.717) is 5.56 Å². The largest absolute Gasteiger partial charge is 0.397 e. The highest BCUT2D eigenvalue weighted by Gasteiger charge is 1.99. The Morgan fingerprint density at radius 3 is 3.08 bits per heavy atom. The number of amidine groups is 1. The topological polar surface area (TPSA) is 47.6 Å². The summed E-state index contributed by atoms with van der Waals surface area (Å²) in [6, 6.07) is 6.62. The summed E-state index contributed by atoms with van der Waals surface area (Å²) in [6.45, 7) is 0. The van der Waals surface area contributed by atoms with Gasteiger partial charge < -0.3 is 10.6 Å². The van der Waals surface area contributed by atoms with Crippen LogP contribution < -0.4 is 5.73 Å². The van der Waals surface area contributed by atoms with Gasteiger partial charge in [-0.25, -0.2) is 4.39 Å². The smallest absolute Gasteiger partial charge is 0.170 e. The lowest BCUT2D eigenvalue weighted by Gasteiger charge is -1.98. The molecule has 0 spiro atoms. The van der Waals surface area contributed by atoms with Crippen molar-refractivity contribution in [3.8, 4) is 0 Å². The number of hydrogen-bond acceptors (Lipinski definition) is 2. The molecule has 1 rings (SSSR count). The van der Waals surface area contributed by atoms with Crippen LogP contribution in [0.1, 0.15) is 5.56 Å². The fourth-order valence-corrected chi connectivity index (χ4v) is 0.748. The van der Waals surface area contributed by atoms with Gasteiger partial charge in [-0.05, 0) is 6.07 Å². The highest BCUT2D eigenvalue weighted by atomic mass is 19.1. The third-order valence-electron chi connectivity index (χ3n) is 1.25. The monoisotopic (exact) mass is 167 g/mol. The van der Waals surface area contributed by atoms with Gasteiger partial charge in [-0.1, -0.05) is 17.3 Å². The molecule has 0 atom stereocenters. The van der Waals surface area contributed by atoms with Crippen LogP contribution in [0, 0.1) is 11.9 Å². The Bertz CT molecular complexity index is 299. The fourth-order valence-electron chi connectivity index (χ4n) is 0.748. The third kappa shape index (κ3) is 1.95. The predicted octanol–water partition coefficient (Wildman–Crippen LogP) is 0.893. The SMILES string of the molecule is CO/N=C(/N)c1cc[c]c(F)c1. The van der Waals surface area contributed by atoms with E-state index in [1.807, 2.05) is 0 Å². The number of halogens is 1. The third-order valence-corrected chi connectivity index (χ3v) is 1.25. The minimum absolute atomic E-state index is 0.144. The minimum Gasteiger partial charge on any atom is -0.397 e. The molecular weight excluding hydrogens is 159 g/mol. The first-order valence-electron chi connectivity index (χ1n) is 3.28. The van der Waals surface area contributed by atoms with Crippen molar-refractivity contribution in [2.24, 2.45) is 10.9 Å². The standard InChI is InChI=1S/C8H8FN2O/c1-12-11-8(10)6-3-2-4-7(9)5-6/h2-3,5H,1H3,(H2,10,11). The van der Waals surface area contributed by atoms with Gasteiger partial charge in [-0.3, -0.25) is 0 Å². The zero-order chi connectivity index (χ0) is 8.97. The van der Waals surface area contributed by atoms with E-state index in [0.717, 1.165) is 0 Å². The molecule has 0 saturated carbocycles. The fraction of sp³-hybridized carbons (Fsp3) is 0.125. The van der Waals surface area contributed by atoms with Gasteiger partial charge in [-0.2, -0.15) is 0 Å². The van der Waals surface area contributed by atoms with E-state index in [4.69, 9.17) is 5.73 Å². The van der Waals surface area contributed by atoms with Gasteiger partial charge in [0.25, 0.3) is 0 Å². The average molecular weight is 167 g/mol. The van der Waals surface area contributed by atoms with Gasteiger partial charge in [0, 0.05) is 11.6 Å². The Balaban J connectivity index is 2.95. The summed E-state index contributed by atoms with van der Waals surface area (Å²) in [7, 11) is 1.37. The number of benzene rings is 1. The Kier molecular flexibility index (Phi) is 2.63. The minimum atomic E-state index is -0.471. The van der Waals surface area contributed by atoms with Gasteiger partial charge in [-0.15, -0.1) is 0 Å². The zero-order valence-corrected chi connectivity index (χ0v) is 6.54. The second-order valence-electron chi connectivity index (χ2n) is 2.08. The van der Waals surface area contributed by atoms with Crippen LogP contribution in [0.2, 0.25) is 0 Å². The van der Waals surface area contributed by atoms with Gasteiger partial charge in [0.1, 0.15) is 12.9 Å². The number of nitrogens with zero attached hydrogens (tertiary/aromatic N) is 1. The van der Waals surface area contributed by atoms with Crippen LogP contribution in [0.25, 0.3) is 0 Å². The first-order chi connectivity index (χ1) is 5.74. The van der Waals surface area contributed by atoms with E-state index in [9.17, 15) is 4.39 Å². The Labute approximate surface area is 69.6 Å². The van der Waals surface area contributed by atoms with E-state index in [1.165, 1.54) is 19.2 Å². The van der Waals surface area contributed by atoms with Crippen LogP contribution in [0.5, 0.6) is 0 Å². The number of hydrogen-bond donors (Lipinski definition) is 1. The maximum atomic E-state index is 12.6. The number of oxime groups is 1. The molecular formula is C8H8FN2O. The average Bonchev–Trinajstić information content (AvgIpc) is 2.05. The quantitative estimate of drug-likeness (QED) is 0.404. The molecule has 1 radical (unpaired) electrons. The molecule has 1 aromatic carbocycles. The van der Waals surface area contributed by atoms with Crippen molar-refractivity contribution in [3.63, 3.8) is 0 Å². The summed E-state index contributed by atoms with van der Waals surface area (Å²) >= 11 is 0. The highest BCUT2D eigenvalue weighted by Crippen LogP contribution is 2.01. The van der Waals surface area contributed by atoms with E-state index >= 15 is 0 Å². The van der Waals surface area contributed by atoms with E-state index < -0.39 is 5.82 Å². The Morgan fingerprint density at radius 1 is 1.75 bits per heavy atom. The molecule has 0 aliphatic rings. The van der Waals surface area contributed by atoms with E-state index in [-0.39, 0.29) is 5.84 Å². The molecule has 4 heteroatoms. The first kappa shape index (κ1) is 8.52. The lowest BCUT2D eigenvalue weighted by Crippen LogP contribution is -2.13. The van der Waals surface area contributed by atoms with Crippen molar-refractivity contribution in [1.82, 2.24) is 0 Å². The summed E-state index contributed by atoms with van der Waals surface area (Å²) in [5, 5.41) is 3.45.